The Hall–Kier alpha value is 0.0700. The summed E-state index contributed by atoms with van der Waals surface area (Å²) in [6.07, 6.45) is 3.61. The van der Waals surface area contributed by atoms with Crippen LogP contribution in [-0.2, 0) is 4.79 Å². The van der Waals surface area contributed by atoms with Gasteiger partial charge >= 0.3 is 0 Å². The van der Waals surface area contributed by atoms with E-state index < -0.39 is 0 Å². The molecule has 0 radical (unpaired) electrons. The van der Waals surface area contributed by atoms with Gasteiger partial charge in [-0.1, -0.05) is 6.92 Å². The van der Waals surface area contributed by atoms with Crippen molar-refractivity contribution in [2.24, 2.45) is 0 Å². The molecule has 0 aromatic rings. The molecule has 0 heterocycles. The molecular weight excluding hydrogens is 244 g/mol. The number of rotatable bonds is 5. The summed E-state index contributed by atoms with van der Waals surface area (Å²) in [5, 5.41) is 3.68. The van der Waals surface area contributed by atoms with Crippen molar-refractivity contribution in [2.75, 3.05) is 26.4 Å². The monoisotopic (exact) mass is 266 g/mol. The van der Waals surface area contributed by atoms with Crippen molar-refractivity contribution in [3.8, 4) is 0 Å². The molecule has 1 aliphatic rings. The van der Waals surface area contributed by atoms with E-state index in [-0.39, 0.29) is 18.3 Å². The van der Waals surface area contributed by atoms with Crippen LogP contribution in [-0.4, -0.2) is 48.5 Å². The van der Waals surface area contributed by atoms with Crippen LogP contribution in [0.25, 0.3) is 0 Å². The van der Waals surface area contributed by atoms with Crippen molar-refractivity contribution in [3.05, 3.63) is 0 Å². The number of nitrogens with zero attached hydrogens (tertiary/aromatic N) is 1. The molecule has 2 atom stereocenters. The Labute approximate surface area is 109 Å². The molecule has 0 aromatic heterocycles. The molecule has 0 spiro atoms. The highest BCUT2D eigenvalue weighted by molar-refractivity contribution is 7.99. The van der Waals surface area contributed by atoms with Gasteiger partial charge in [-0.05, 0) is 32.1 Å². The van der Waals surface area contributed by atoms with Crippen LogP contribution in [0.5, 0.6) is 0 Å². The van der Waals surface area contributed by atoms with Gasteiger partial charge in [0.05, 0.1) is 6.54 Å². The van der Waals surface area contributed by atoms with Crippen LogP contribution in [0, 0.1) is 0 Å². The van der Waals surface area contributed by atoms with Crippen molar-refractivity contribution in [1.82, 2.24) is 10.2 Å². The van der Waals surface area contributed by atoms with Gasteiger partial charge in [-0.2, -0.15) is 11.8 Å². The number of thioether (sulfide) groups is 1. The highest BCUT2D eigenvalue weighted by atomic mass is 35.5. The molecule has 0 aliphatic heterocycles. The van der Waals surface area contributed by atoms with Gasteiger partial charge in [-0.3, -0.25) is 4.79 Å². The van der Waals surface area contributed by atoms with E-state index in [9.17, 15) is 4.79 Å². The highest BCUT2D eigenvalue weighted by Gasteiger charge is 2.29. The average molecular weight is 267 g/mol. The Bertz CT molecular complexity index is 216. The number of halogens is 1. The first-order valence-electron chi connectivity index (χ1n) is 5.70. The van der Waals surface area contributed by atoms with Crippen LogP contribution in [0.3, 0.4) is 0 Å². The summed E-state index contributed by atoms with van der Waals surface area (Å²) in [5.41, 5.74) is 0. The standard InChI is InChI=1S/C11H22N2OS.ClH/c1-4-15-10-6-5-9(7-10)13(3)11(14)8-12-2;/h9-10,12H,4-8H2,1-3H3;1H. The van der Waals surface area contributed by atoms with E-state index in [1.54, 1.807) is 0 Å². The minimum absolute atomic E-state index is 0. The fourth-order valence-electron chi connectivity index (χ4n) is 2.14. The third-order valence-corrected chi connectivity index (χ3v) is 4.26. The summed E-state index contributed by atoms with van der Waals surface area (Å²) in [6, 6.07) is 0.468. The SMILES string of the molecule is CCSC1CCC(N(C)C(=O)CNC)C1.Cl. The second kappa shape index (κ2) is 8.20. The van der Waals surface area contributed by atoms with Crippen molar-refractivity contribution in [3.63, 3.8) is 0 Å². The average Bonchev–Trinajstić information content (AvgIpc) is 2.66. The first-order valence-corrected chi connectivity index (χ1v) is 6.75. The van der Waals surface area contributed by atoms with E-state index in [1.807, 2.05) is 30.8 Å². The van der Waals surface area contributed by atoms with Crippen molar-refractivity contribution in [2.45, 2.75) is 37.5 Å². The van der Waals surface area contributed by atoms with E-state index in [0.717, 1.165) is 5.25 Å². The second-order valence-corrected chi connectivity index (χ2v) is 5.66. The quantitative estimate of drug-likeness (QED) is 0.823. The number of amides is 1. The van der Waals surface area contributed by atoms with Gasteiger partial charge in [0.2, 0.25) is 5.91 Å². The lowest BCUT2D eigenvalue weighted by molar-refractivity contribution is -0.130. The van der Waals surface area contributed by atoms with Gasteiger partial charge in [-0.15, -0.1) is 12.4 Å². The zero-order chi connectivity index (χ0) is 11.3. The topological polar surface area (TPSA) is 32.3 Å². The molecule has 1 amide bonds. The first-order chi connectivity index (χ1) is 7.19. The smallest absolute Gasteiger partial charge is 0.236 e. The number of hydrogen-bond donors (Lipinski definition) is 1. The lowest BCUT2D eigenvalue weighted by atomic mass is 10.2. The van der Waals surface area contributed by atoms with E-state index >= 15 is 0 Å². The van der Waals surface area contributed by atoms with Crippen LogP contribution >= 0.6 is 24.2 Å². The molecule has 2 unspecified atom stereocenters. The maximum atomic E-state index is 11.7. The summed E-state index contributed by atoms with van der Waals surface area (Å²) in [4.78, 5) is 13.6. The Kier molecular flexibility index (Phi) is 8.24. The highest BCUT2D eigenvalue weighted by Crippen LogP contribution is 2.32. The zero-order valence-electron chi connectivity index (χ0n) is 10.4. The zero-order valence-corrected chi connectivity index (χ0v) is 12.0. The number of hydrogen-bond acceptors (Lipinski definition) is 3. The Morgan fingerprint density at radius 1 is 1.50 bits per heavy atom. The largest absolute Gasteiger partial charge is 0.342 e. The summed E-state index contributed by atoms with van der Waals surface area (Å²) >= 11 is 2.03. The molecule has 96 valence electrons. The third-order valence-electron chi connectivity index (χ3n) is 3.03. The third kappa shape index (κ3) is 4.52. The normalized spacial score (nSPS) is 23.9. The van der Waals surface area contributed by atoms with E-state index in [4.69, 9.17) is 0 Å². The molecule has 5 heteroatoms. The molecule has 1 saturated carbocycles. The predicted molar refractivity (Wildman–Crippen MR) is 73.5 cm³/mol. The maximum Gasteiger partial charge on any atom is 0.236 e. The van der Waals surface area contributed by atoms with E-state index in [2.05, 4.69) is 12.2 Å². The van der Waals surface area contributed by atoms with Crippen LogP contribution in [0.4, 0.5) is 0 Å². The van der Waals surface area contributed by atoms with Crippen molar-refractivity contribution < 1.29 is 4.79 Å². The summed E-state index contributed by atoms with van der Waals surface area (Å²) in [5.74, 6) is 1.40. The molecule has 1 fully saturated rings. The van der Waals surface area contributed by atoms with Crippen molar-refractivity contribution in [1.29, 1.82) is 0 Å². The van der Waals surface area contributed by atoms with E-state index in [1.165, 1.54) is 25.0 Å². The molecule has 0 bridgehead atoms. The minimum Gasteiger partial charge on any atom is -0.342 e. The molecule has 3 nitrogen and oxygen atoms in total. The fraction of sp³-hybridized carbons (Fsp3) is 0.909. The van der Waals surface area contributed by atoms with Crippen LogP contribution in [0.15, 0.2) is 0 Å². The first kappa shape index (κ1) is 16.1. The lowest BCUT2D eigenvalue weighted by Gasteiger charge is -2.24. The summed E-state index contributed by atoms with van der Waals surface area (Å²) < 4.78 is 0. The fourth-order valence-corrected chi connectivity index (χ4v) is 3.27. The second-order valence-electron chi connectivity index (χ2n) is 4.08. The number of carbonyl (C=O) groups excluding carboxylic acids is 1. The van der Waals surface area contributed by atoms with Crippen LogP contribution < -0.4 is 5.32 Å². The van der Waals surface area contributed by atoms with Gasteiger partial charge in [0, 0.05) is 18.3 Å². The Morgan fingerprint density at radius 2 is 2.19 bits per heavy atom. The predicted octanol–water partition coefficient (Wildman–Crippen LogP) is 1.76. The Morgan fingerprint density at radius 3 is 2.75 bits per heavy atom. The van der Waals surface area contributed by atoms with Gasteiger partial charge in [0.15, 0.2) is 0 Å². The molecule has 16 heavy (non-hydrogen) atoms. The number of likely N-dealkylation sites (N-methyl/N-ethyl adjacent to an activating group) is 2. The lowest BCUT2D eigenvalue weighted by Crippen LogP contribution is -2.40. The minimum atomic E-state index is 0. The molecular formula is C11H23ClN2OS. The molecule has 1 N–H and O–H groups in total. The van der Waals surface area contributed by atoms with Gasteiger partial charge in [-0.25, -0.2) is 0 Å². The van der Waals surface area contributed by atoms with Crippen LogP contribution in [0.2, 0.25) is 0 Å². The van der Waals surface area contributed by atoms with Crippen molar-refractivity contribution >= 4 is 30.1 Å². The van der Waals surface area contributed by atoms with Gasteiger partial charge < -0.3 is 10.2 Å². The number of nitrogens with one attached hydrogen (secondary N) is 1. The molecule has 0 aromatic carbocycles. The molecule has 1 rings (SSSR count). The summed E-state index contributed by atoms with van der Waals surface area (Å²) in [7, 11) is 3.75. The van der Waals surface area contributed by atoms with E-state index in [0.29, 0.717) is 12.6 Å². The summed E-state index contributed by atoms with van der Waals surface area (Å²) in [6.45, 7) is 2.66. The van der Waals surface area contributed by atoms with Crippen LogP contribution in [0.1, 0.15) is 26.2 Å². The number of carbonyl (C=O) groups is 1. The Balaban J connectivity index is 0.00000225. The van der Waals surface area contributed by atoms with Gasteiger partial charge in [0.25, 0.3) is 0 Å². The maximum absolute atomic E-state index is 11.7. The molecule has 1 aliphatic carbocycles. The molecule has 0 saturated heterocycles. The van der Waals surface area contributed by atoms with Gasteiger partial charge in [0.1, 0.15) is 0 Å².